The van der Waals surface area contributed by atoms with Crippen LogP contribution in [-0.4, -0.2) is 23.1 Å². The molecule has 2 heteroatoms. The Balaban J connectivity index is -0.000000124. The van der Waals surface area contributed by atoms with E-state index in [1.165, 1.54) is 5.92 Å². The molecule has 0 bridgehead atoms. The molecule has 1 rings (SSSR count). The minimum absolute atomic E-state index is 0. The Labute approximate surface area is 98.3 Å². The zero-order chi connectivity index (χ0) is 7.82. The van der Waals surface area contributed by atoms with Gasteiger partial charge in [-0.3, -0.25) is 0 Å². The summed E-state index contributed by atoms with van der Waals surface area (Å²) in [6.45, 7) is 6.25. The Kier molecular flexibility index (Phi) is 20.9. The topological polar surface area (TPSA) is 0 Å². The Bertz CT molecular complexity index is 110. The van der Waals surface area contributed by atoms with Gasteiger partial charge in [-0.15, -0.1) is 12.4 Å². The van der Waals surface area contributed by atoms with Gasteiger partial charge >= 0.3 is 23.1 Å². The number of hydrogen-bond acceptors (Lipinski definition) is 0. The van der Waals surface area contributed by atoms with E-state index >= 15 is 0 Å². The summed E-state index contributed by atoms with van der Waals surface area (Å²) in [5, 5.41) is 0. The quantitative estimate of drug-likeness (QED) is 0.440. The first-order valence-electron chi connectivity index (χ1n) is 3.41. The van der Waals surface area contributed by atoms with Crippen LogP contribution in [0.1, 0.15) is 20.8 Å². The summed E-state index contributed by atoms with van der Waals surface area (Å²) in [5.74, 6) is 1.42. The van der Waals surface area contributed by atoms with E-state index in [9.17, 15) is 0 Å². The van der Waals surface area contributed by atoms with Gasteiger partial charge in [0.05, 0.1) is 0 Å². The van der Waals surface area contributed by atoms with Crippen molar-refractivity contribution in [3.05, 3.63) is 42.3 Å². The maximum absolute atomic E-state index is 2.89. The fourth-order valence-corrected chi connectivity index (χ4v) is 0.342. The Morgan fingerprint density at radius 1 is 0.917 bits per heavy atom. The number of benzene rings is 1. The molecule has 0 aliphatic rings. The SMILES string of the molecule is C[C-](C)C.Cl.[Mg+2].[c-]1ccccc1. The summed E-state index contributed by atoms with van der Waals surface area (Å²) in [6.07, 6.45) is 0. The van der Waals surface area contributed by atoms with Crippen LogP contribution in [0.5, 0.6) is 0 Å². The fourth-order valence-electron chi connectivity index (χ4n) is 0.342. The third kappa shape index (κ3) is 22.4. The molecule has 1 aromatic carbocycles. The molecular formula is C10H15ClMg. The maximum Gasteiger partial charge on any atom is 2.00 e. The van der Waals surface area contributed by atoms with E-state index in [1.807, 2.05) is 30.3 Å². The van der Waals surface area contributed by atoms with Crippen LogP contribution in [0.4, 0.5) is 0 Å². The van der Waals surface area contributed by atoms with Crippen molar-refractivity contribution in [1.29, 1.82) is 0 Å². The Morgan fingerprint density at radius 3 is 1.33 bits per heavy atom. The third-order valence-corrected chi connectivity index (χ3v) is 0.607. The van der Waals surface area contributed by atoms with E-state index in [4.69, 9.17) is 0 Å². The van der Waals surface area contributed by atoms with Gasteiger partial charge in [-0.2, -0.15) is 57.2 Å². The van der Waals surface area contributed by atoms with Crippen LogP contribution in [0, 0.1) is 12.0 Å². The minimum Gasteiger partial charge on any atom is -0.323 e. The summed E-state index contributed by atoms with van der Waals surface area (Å²) < 4.78 is 0. The van der Waals surface area contributed by atoms with Crippen LogP contribution in [0.25, 0.3) is 0 Å². The number of halogens is 1. The normalized spacial score (nSPS) is 7.00. The third-order valence-electron chi connectivity index (χ3n) is 0.607. The van der Waals surface area contributed by atoms with Gasteiger partial charge in [0.25, 0.3) is 0 Å². The molecular weight excluding hydrogens is 180 g/mol. The van der Waals surface area contributed by atoms with E-state index in [0.29, 0.717) is 0 Å². The van der Waals surface area contributed by atoms with E-state index < -0.39 is 0 Å². The summed E-state index contributed by atoms with van der Waals surface area (Å²) in [6, 6.07) is 12.5. The van der Waals surface area contributed by atoms with Gasteiger partial charge in [0.1, 0.15) is 0 Å². The van der Waals surface area contributed by atoms with Gasteiger partial charge < -0.3 is 5.92 Å². The number of rotatable bonds is 0. The number of hydrogen-bond donors (Lipinski definition) is 0. The minimum atomic E-state index is 0. The molecule has 0 saturated heterocycles. The van der Waals surface area contributed by atoms with Crippen molar-refractivity contribution in [3.63, 3.8) is 0 Å². The fraction of sp³-hybridized carbons (Fsp3) is 0.300. The van der Waals surface area contributed by atoms with Crippen molar-refractivity contribution in [2.75, 3.05) is 0 Å². The van der Waals surface area contributed by atoms with Crippen LogP contribution < -0.4 is 0 Å². The molecule has 0 fully saturated rings. The molecule has 0 heterocycles. The van der Waals surface area contributed by atoms with Gasteiger partial charge in [-0.1, -0.05) is 0 Å². The van der Waals surface area contributed by atoms with Crippen molar-refractivity contribution in [2.24, 2.45) is 0 Å². The van der Waals surface area contributed by atoms with Gasteiger partial charge in [-0.05, 0) is 0 Å². The molecule has 0 atom stereocenters. The Hall–Kier alpha value is 0.276. The molecule has 0 saturated carbocycles. The van der Waals surface area contributed by atoms with E-state index in [1.54, 1.807) is 0 Å². The van der Waals surface area contributed by atoms with Crippen molar-refractivity contribution in [3.8, 4) is 0 Å². The summed E-state index contributed by atoms with van der Waals surface area (Å²) in [5.41, 5.74) is 0. The smallest absolute Gasteiger partial charge is 0.323 e. The summed E-state index contributed by atoms with van der Waals surface area (Å²) >= 11 is 0. The molecule has 0 spiro atoms. The summed E-state index contributed by atoms with van der Waals surface area (Å²) in [7, 11) is 0. The largest absolute Gasteiger partial charge is 2.00 e. The van der Waals surface area contributed by atoms with Gasteiger partial charge in [0.2, 0.25) is 0 Å². The molecule has 0 amide bonds. The van der Waals surface area contributed by atoms with Crippen molar-refractivity contribution >= 4 is 35.5 Å². The van der Waals surface area contributed by atoms with Crippen molar-refractivity contribution in [1.82, 2.24) is 0 Å². The van der Waals surface area contributed by atoms with Crippen LogP contribution in [0.2, 0.25) is 0 Å². The molecule has 0 nitrogen and oxygen atoms in total. The first-order valence-corrected chi connectivity index (χ1v) is 3.41. The zero-order valence-electron chi connectivity index (χ0n) is 8.00. The van der Waals surface area contributed by atoms with E-state index in [2.05, 4.69) is 26.8 Å². The van der Waals surface area contributed by atoms with Gasteiger partial charge in [-0.25, -0.2) is 0 Å². The molecule has 0 N–H and O–H groups in total. The monoisotopic (exact) mass is 194 g/mol. The molecule has 64 valence electrons. The van der Waals surface area contributed by atoms with Crippen LogP contribution >= 0.6 is 12.4 Å². The molecule has 0 radical (unpaired) electrons. The second kappa shape index (κ2) is 13.8. The van der Waals surface area contributed by atoms with Gasteiger partial charge in [0.15, 0.2) is 0 Å². The molecule has 1 aromatic rings. The summed E-state index contributed by atoms with van der Waals surface area (Å²) in [4.78, 5) is 0. The molecule has 0 aromatic heterocycles. The standard InChI is InChI=1S/C6H5.C4H9.ClH.Mg/c1-2-4-6-5-3-1;1-4(2)3;;/h1-5H;1-3H3;1H;/q2*-1;;+2. The van der Waals surface area contributed by atoms with Gasteiger partial charge in [0, 0.05) is 0 Å². The predicted octanol–water partition coefficient (Wildman–Crippen LogP) is 3.15. The predicted molar refractivity (Wildman–Crippen MR) is 58.5 cm³/mol. The average Bonchev–Trinajstić information content (AvgIpc) is 1.90. The molecule has 0 aliphatic carbocycles. The second-order valence-electron chi connectivity index (χ2n) is 2.58. The molecule has 0 unspecified atom stereocenters. The van der Waals surface area contributed by atoms with Crippen LogP contribution in [0.15, 0.2) is 30.3 Å². The van der Waals surface area contributed by atoms with Crippen LogP contribution in [-0.2, 0) is 0 Å². The molecule has 12 heavy (non-hydrogen) atoms. The maximum atomic E-state index is 2.89. The second-order valence-corrected chi connectivity index (χ2v) is 2.58. The first kappa shape index (κ1) is 18.1. The average molecular weight is 195 g/mol. The van der Waals surface area contributed by atoms with E-state index in [-0.39, 0.29) is 35.5 Å². The molecule has 0 aliphatic heterocycles. The first-order chi connectivity index (χ1) is 4.73. The van der Waals surface area contributed by atoms with Crippen LogP contribution in [0.3, 0.4) is 0 Å². The van der Waals surface area contributed by atoms with E-state index in [0.717, 1.165) is 0 Å². The van der Waals surface area contributed by atoms with Crippen molar-refractivity contribution in [2.45, 2.75) is 20.8 Å². The zero-order valence-corrected chi connectivity index (χ0v) is 10.2. The Morgan fingerprint density at radius 2 is 1.25 bits per heavy atom. The van der Waals surface area contributed by atoms with Crippen molar-refractivity contribution < 1.29 is 0 Å².